The Morgan fingerprint density at radius 2 is 1.95 bits per heavy atom. The topological polar surface area (TPSA) is 115 Å². The summed E-state index contributed by atoms with van der Waals surface area (Å²) < 4.78 is 23.7. The molecular formula is C29H29FN6O4. The lowest BCUT2D eigenvalue weighted by molar-refractivity contribution is 0.0964. The predicted molar refractivity (Wildman–Crippen MR) is 148 cm³/mol. The number of aromatic nitrogens is 4. The Morgan fingerprint density at radius 1 is 1.12 bits per heavy atom. The number of methoxy groups -OCH3 is 1. The Kier molecular flexibility index (Phi) is 6.59. The van der Waals surface area contributed by atoms with Gasteiger partial charge in [0.1, 0.15) is 23.0 Å². The van der Waals surface area contributed by atoms with Gasteiger partial charge in [-0.3, -0.25) is 9.59 Å². The molecule has 1 aromatic carbocycles. The van der Waals surface area contributed by atoms with E-state index in [1.165, 1.54) is 41.3 Å². The minimum atomic E-state index is -0.556. The molecule has 4 heterocycles. The number of aliphatic hydroxyl groups excluding tert-OH is 1. The van der Waals surface area contributed by atoms with E-state index < -0.39 is 12.4 Å². The fourth-order valence-corrected chi connectivity index (χ4v) is 5.75. The van der Waals surface area contributed by atoms with Crippen molar-refractivity contribution in [3.63, 3.8) is 0 Å². The summed E-state index contributed by atoms with van der Waals surface area (Å²) in [7, 11) is 3.02. The molecule has 1 amide bonds. The molecule has 0 spiro atoms. The molecule has 206 valence electrons. The van der Waals surface area contributed by atoms with Gasteiger partial charge in [0.15, 0.2) is 0 Å². The van der Waals surface area contributed by atoms with Crippen LogP contribution in [-0.4, -0.2) is 43.8 Å². The minimum Gasteiger partial charge on any atom is -0.467 e. The van der Waals surface area contributed by atoms with Crippen LogP contribution in [0.3, 0.4) is 0 Å². The van der Waals surface area contributed by atoms with Gasteiger partial charge in [-0.15, -0.1) is 0 Å². The molecule has 40 heavy (non-hydrogen) atoms. The van der Waals surface area contributed by atoms with Gasteiger partial charge in [-0.2, -0.15) is 4.98 Å². The van der Waals surface area contributed by atoms with Gasteiger partial charge in [0, 0.05) is 49.4 Å². The highest BCUT2D eigenvalue weighted by Crippen LogP contribution is 2.36. The Labute approximate surface area is 229 Å². The van der Waals surface area contributed by atoms with E-state index in [0.717, 1.165) is 25.7 Å². The summed E-state index contributed by atoms with van der Waals surface area (Å²) in [5, 5.41) is 13.5. The van der Waals surface area contributed by atoms with Crippen molar-refractivity contribution < 1.29 is 19.0 Å². The van der Waals surface area contributed by atoms with Crippen molar-refractivity contribution in [2.75, 3.05) is 23.9 Å². The van der Waals surface area contributed by atoms with Gasteiger partial charge in [-0.25, -0.2) is 9.37 Å². The summed E-state index contributed by atoms with van der Waals surface area (Å²) >= 11 is 0. The van der Waals surface area contributed by atoms with E-state index in [1.807, 2.05) is 6.07 Å². The van der Waals surface area contributed by atoms with Gasteiger partial charge < -0.3 is 29.2 Å². The molecule has 11 heteroatoms. The highest BCUT2D eigenvalue weighted by Gasteiger charge is 2.32. The third-order valence-electron chi connectivity index (χ3n) is 7.63. The molecular weight excluding hydrogens is 515 g/mol. The number of nitrogens with zero attached hydrogens (tertiary/aromatic N) is 5. The molecule has 0 saturated carbocycles. The maximum atomic E-state index is 15.2. The fourth-order valence-electron chi connectivity index (χ4n) is 5.75. The first-order valence-electron chi connectivity index (χ1n) is 13.2. The third kappa shape index (κ3) is 4.41. The number of hydrogen-bond acceptors (Lipinski definition) is 7. The standard InChI is InChI=1S/C29H29FN6O4/c1-34-15-18(11-22(27(34)38)32-26-7-8-31-29(33-26)40-2)20-13-19(30)14-24(21(20)16-37)36-10-9-35-23-6-4-3-5-17(23)12-25(35)28(36)39/h7-8,11-15,37H,3-6,9-10,16H2,1-2H3,(H,31,32,33). The number of hydrogen-bond donors (Lipinski definition) is 2. The van der Waals surface area contributed by atoms with Crippen LogP contribution >= 0.6 is 0 Å². The number of pyridine rings is 1. The first-order chi connectivity index (χ1) is 19.4. The third-order valence-corrected chi connectivity index (χ3v) is 7.63. The number of benzene rings is 1. The Bertz CT molecular complexity index is 1690. The van der Waals surface area contributed by atoms with Crippen LogP contribution in [0.5, 0.6) is 6.01 Å². The van der Waals surface area contributed by atoms with Crippen LogP contribution in [0.15, 0.2) is 47.5 Å². The number of carbonyl (C=O) groups excluding carboxylic acids is 1. The molecule has 6 rings (SSSR count). The molecule has 0 fully saturated rings. The molecule has 0 atom stereocenters. The quantitative estimate of drug-likeness (QED) is 0.382. The van der Waals surface area contributed by atoms with Gasteiger partial charge in [0.25, 0.3) is 11.5 Å². The van der Waals surface area contributed by atoms with Crippen molar-refractivity contribution in [3.05, 3.63) is 81.4 Å². The van der Waals surface area contributed by atoms with E-state index in [0.29, 0.717) is 47.0 Å². The molecule has 0 unspecified atom stereocenters. The summed E-state index contributed by atoms with van der Waals surface area (Å²) in [5.41, 5.74) is 4.47. The first kappa shape index (κ1) is 25.8. The lowest BCUT2D eigenvalue weighted by Crippen LogP contribution is -2.41. The average Bonchev–Trinajstić information content (AvgIpc) is 3.35. The predicted octanol–water partition coefficient (Wildman–Crippen LogP) is 3.57. The number of fused-ring (bicyclic) bond motifs is 3. The summed E-state index contributed by atoms with van der Waals surface area (Å²) in [5.74, 6) is -0.431. The van der Waals surface area contributed by atoms with Crippen molar-refractivity contribution in [2.45, 2.75) is 38.8 Å². The molecule has 0 radical (unpaired) electrons. The minimum absolute atomic E-state index is 0.133. The van der Waals surface area contributed by atoms with Crippen LogP contribution in [0.4, 0.5) is 21.6 Å². The summed E-state index contributed by atoms with van der Waals surface area (Å²) in [6.07, 6.45) is 7.20. The number of amides is 1. The number of ether oxygens (including phenoxy) is 1. The van der Waals surface area contributed by atoms with Crippen LogP contribution in [0.25, 0.3) is 11.1 Å². The van der Waals surface area contributed by atoms with Gasteiger partial charge in [0.05, 0.1) is 19.4 Å². The van der Waals surface area contributed by atoms with Crippen LogP contribution < -0.4 is 20.5 Å². The monoisotopic (exact) mass is 544 g/mol. The Hall–Kier alpha value is -4.51. The first-order valence-corrected chi connectivity index (χ1v) is 13.2. The highest BCUT2D eigenvalue weighted by molar-refractivity contribution is 6.07. The zero-order valence-corrected chi connectivity index (χ0v) is 22.3. The van der Waals surface area contributed by atoms with Gasteiger partial charge in [0.2, 0.25) is 0 Å². The van der Waals surface area contributed by atoms with Crippen LogP contribution in [-0.2, 0) is 33.0 Å². The highest BCUT2D eigenvalue weighted by atomic mass is 19.1. The van der Waals surface area contributed by atoms with Gasteiger partial charge in [-0.05, 0) is 67.1 Å². The van der Waals surface area contributed by atoms with E-state index in [1.54, 1.807) is 30.3 Å². The number of nitrogens with one attached hydrogen (secondary N) is 1. The molecule has 2 aliphatic rings. The zero-order chi connectivity index (χ0) is 28.0. The number of aliphatic hydroxyl groups is 1. The second-order valence-electron chi connectivity index (χ2n) is 10.0. The largest absolute Gasteiger partial charge is 0.467 e. The average molecular weight is 545 g/mol. The normalized spacial score (nSPS) is 14.6. The number of rotatable bonds is 6. The molecule has 0 saturated heterocycles. The number of aryl methyl sites for hydroxylation is 2. The zero-order valence-electron chi connectivity index (χ0n) is 22.3. The van der Waals surface area contributed by atoms with Crippen molar-refractivity contribution in [3.8, 4) is 17.1 Å². The van der Waals surface area contributed by atoms with Gasteiger partial charge >= 0.3 is 6.01 Å². The van der Waals surface area contributed by atoms with Gasteiger partial charge in [-0.1, -0.05) is 0 Å². The second-order valence-corrected chi connectivity index (χ2v) is 10.0. The van der Waals surface area contributed by atoms with Crippen LogP contribution in [0.1, 0.15) is 40.2 Å². The van der Waals surface area contributed by atoms with Crippen molar-refractivity contribution in [1.82, 2.24) is 19.1 Å². The molecule has 2 N–H and O–H groups in total. The fraction of sp³-hybridized carbons (Fsp3) is 0.310. The molecule has 4 aromatic rings. The molecule has 0 bridgehead atoms. The number of anilines is 3. The number of carbonyl (C=O) groups is 1. The summed E-state index contributed by atoms with van der Waals surface area (Å²) in [4.78, 5) is 36.3. The van der Waals surface area contributed by atoms with E-state index in [9.17, 15) is 14.7 Å². The SMILES string of the molecule is COc1nccc(Nc2cc(-c3cc(F)cc(N4CCn5c(cc6c5CCCC6)C4=O)c3CO)cn(C)c2=O)n1. The van der Waals surface area contributed by atoms with Crippen molar-refractivity contribution >= 4 is 23.1 Å². The molecule has 10 nitrogen and oxygen atoms in total. The Balaban J connectivity index is 1.41. The lowest BCUT2D eigenvalue weighted by Gasteiger charge is -2.31. The molecule has 1 aliphatic heterocycles. The van der Waals surface area contributed by atoms with E-state index >= 15 is 4.39 Å². The maximum absolute atomic E-state index is 15.2. The van der Waals surface area contributed by atoms with E-state index in [4.69, 9.17) is 4.74 Å². The number of halogens is 1. The van der Waals surface area contributed by atoms with Crippen molar-refractivity contribution in [1.29, 1.82) is 0 Å². The van der Waals surface area contributed by atoms with Crippen molar-refractivity contribution in [2.24, 2.45) is 7.05 Å². The lowest BCUT2D eigenvalue weighted by atomic mass is 9.97. The Morgan fingerprint density at radius 3 is 2.75 bits per heavy atom. The van der Waals surface area contributed by atoms with Crippen LogP contribution in [0, 0.1) is 5.82 Å². The van der Waals surface area contributed by atoms with E-state index in [2.05, 4.69) is 19.9 Å². The maximum Gasteiger partial charge on any atom is 0.318 e. The summed E-state index contributed by atoms with van der Waals surface area (Å²) in [6.45, 7) is 0.531. The smallest absolute Gasteiger partial charge is 0.318 e. The second kappa shape index (κ2) is 10.2. The van der Waals surface area contributed by atoms with Crippen LogP contribution in [0.2, 0.25) is 0 Å². The van der Waals surface area contributed by atoms with E-state index in [-0.39, 0.29) is 23.2 Å². The molecule has 1 aliphatic carbocycles. The molecule has 3 aromatic heterocycles. The summed E-state index contributed by atoms with van der Waals surface area (Å²) in [6, 6.07) is 7.86.